The van der Waals surface area contributed by atoms with Gasteiger partial charge in [-0.1, -0.05) is 32.0 Å². The Morgan fingerprint density at radius 3 is 1.90 bits per heavy atom. The lowest BCUT2D eigenvalue weighted by atomic mass is 10.00. The van der Waals surface area contributed by atoms with Crippen molar-refractivity contribution >= 4 is 23.5 Å². The van der Waals surface area contributed by atoms with Gasteiger partial charge in [0.2, 0.25) is 0 Å². The second kappa shape index (κ2) is 10.7. The molecule has 0 spiro atoms. The molecule has 166 valence electrons. The summed E-state index contributed by atoms with van der Waals surface area (Å²) in [5, 5.41) is 24.5. The highest BCUT2D eigenvalue weighted by molar-refractivity contribution is 6.04. The van der Waals surface area contributed by atoms with Crippen molar-refractivity contribution in [2.45, 2.75) is 52.6 Å². The van der Waals surface area contributed by atoms with E-state index in [1.807, 2.05) is 45.9 Å². The Balaban J connectivity index is 2.07. The zero-order chi connectivity index (χ0) is 23.1. The van der Waals surface area contributed by atoms with Crippen molar-refractivity contribution < 1.29 is 24.6 Å². The largest absolute Gasteiger partial charge is 0.480 e. The minimum absolute atomic E-state index is 0.107. The Morgan fingerprint density at radius 1 is 0.871 bits per heavy atom. The second-order valence-corrected chi connectivity index (χ2v) is 8.31. The smallest absolute Gasteiger partial charge is 0.321 e. The van der Waals surface area contributed by atoms with Crippen LogP contribution in [0, 0.1) is 19.8 Å². The first-order chi connectivity index (χ1) is 14.5. The first kappa shape index (κ1) is 24.1. The van der Waals surface area contributed by atoms with Crippen LogP contribution in [0.3, 0.4) is 0 Å². The third-order valence-electron chi connectivity index (χ3n) is 4.84. The van der Waals surface area contributed by atoms with Gasteiger partial charge in [-0.25, -0.2) is 0 Å². The van der Waals surface area contributed by atoms with E-state index in [0.717, 1.165) is 11.1 Å². The fraction of sp³-hybridized carbons (Fsp3) is 0.375. The summed E-state index contributed by atoms with van der Waals surface area (Å²) >= 11 is 0. The molecule has 2 aromatic rings. The number of aryl methyl sites for hydroxylation is 2. The van der Waals surface area contributed by atoms with E-state index in [9.17, 15) is 24.6 Å². The summed E-state index contributed by atoms with van der Waals surface area (Å²) in [5.41, 5.74) is 3.96. The van der Waals surface area contributed by atoms with Gasteiger partial charge in [-0.05, 0) is 73.6 Å². The van der Waals surface area contributed by atoms with Crippen LogP contribution in [0.15, 0.2) is 42.5 Å². The van der Waals surface area contributed by atoms with E-state index in [0.29, 0.717) is 23.2 Å². The van der Waals surface area contributed by atoms with Crippen LogP contribution in [0.2, 0.25) is 0 Å². The molecule has 2 atom stereocenters. The average molecular weight is 427 g/mol. The maximum atomic E-state index is 12.5. The highest BCUT2D eigenvalue weighted by atomic mass is 16.4. The monoisotopic (exact) mass is 426 g/mol. The molecule has 4 N–H and O–H groups in total. The summed E-state index contributed by atoms with van der Waals surface area (Å²) in [6, 6.07) is 10.5. The van der Waals surface area contributed by atoms with Crippen LogP contribution < -0.4 is 10.6 Å². The fourth-order valence-electron chi connectivity index (χ4n) is 3.45. The third-order valence-corrected chi connectivity index (χ3v) is 4.84. The van der Waals surface area contributed by atoms with Gasteiger partial charge in [-0.15, -0.1) is 0 Å². The predicted octanol–water partition coefficient (Wildman–Crippen LogP) is 3.64. The number of rotatable bonds is 10. The molecule has 7 heteroatoms. The number of hydrogen-bond donors (Lipinski definition) is 4. The lowest BCUT2D eigenvalue weighted by molar-refractivity contribution is -0.142. The van der Waals surface area contributed by atoms with E-state index in [1.54, 1.807) is 24.3 Å². The molecular formula is C24H30N2O5. The van der Waals surface area contributed by atoms with Crippen LogP contribution >= 0.6 is 0 Å². The number of carbonyl (C=O) groups excluding carboxylic acids is 1. The van der Waals surface area contributed by atoms with Crippen molar-refractivity contribution in [1.82, 2.24) is 5.32 Å². The van der Waals surface area contributed by atoms with Gasteiger partial charge < -0.3 is 15.5 Å². The summed E-state index contributed by atoms with van der Waals surface area (Å²) in [5.74, 6) is -2.34. The maximum Gasteiger partial charge on any atom is 0.321 e. The van der Waals surface area contributed by atoms with Gasteiger partial charge >= 0.3 is 11.9 Å². The molecule has 0 aromatic heterocycles. The van der Waals surface area contributed by atoms with Gasteiger partial charge in [0.25, 0.3) is 5.91 Å². The molecule has 2 rings (SSSR count). The van der Waals surface area contributed by atoms with Gasteiger partial charge in [0.15, 0.2) is 0 Å². The van der Waals surface area contributed by atoms with Crippen LogP contribution in [0.1, 0.15) is 47.3 Å². The van der Waals surface area contributed by atoms with Crippen molar-refractivity contribution in [3.05, 3.63) is 64.7 Å². The quantitative estimate of drug-likeness (QED) is 0.461. The number of nitrogens with one attached hydrogen (secondary N) is 2. The first-order valence-electron chi connectivity index (χ1n) is 10.3. The molecular weight excluding hydrogens is 396 g/mol. The van der Waals surface area contributed by atoms with Crippen LogP contribution in [0.5, 0.6) is 0 Å². The van der Waals surface area contributed by atoms with E-state index in [1.165, 1.54) is 0 Å². The molecule has 7 nitrogen and oxygen atoms in total. The Bertz CT molecular complexity index is 917. The molecule has 0 radical (unpaired) electrons. The Morgan fingerprint density at radius 2 is 1.42 bits per heavy atom. The van der Waals surface area contributed by atoms with Gasteiger partial charge in [0.05, 0.1) is 0 Å². The molecule has 0 aliphatic rings. The van der Waals surface area contributed by atoms with E-state index in [2.05, 4.69) is 10.6 Å². The number of carbonyl (C=O) groups is 3. The SMILES string of the molecule is Cc1cc(C)cc(NC(=O)c2ccc(CC(NC(CC(C)C)C(=O)O)C(=O)O)cc2)c1. The third kappa shape index (κ3) is 7.53. The molecule has 0 aliphatic carbocycles. The fourth-order valence-corrected chi connectivity index (χ4v) is 3.45. The molecule has 0 bridgehead atoms. The highest BCUT2D eigenvalue weighted by Crippen LogP contribution is 2.16. The molecule has 1 amide bonds. The van der Waals surface area contributed by atoms with Crippen molar-refractivity contribution in [2.24, 2.45) is 5.92 Å². The van der Waals surface area contributed by atoms with Crippen molar-refractivity contribution in [1.29, 1.82) is 0 Å². The van der Waals surface area contributed by atoms with Crippen LogP contribution in [0.25, 0.3) is 0 Å². The van der Waals surface area contributed by atoms with Gasteiger partial charge in [-0.3, -0.25) is 19.7 Å². The topological polar surface area (TPSA) is 116 Å². The lowest BCUT2D eigenvalue weighted by Gasteiger charge is -2.21. The number of benzene rings is 2. The summed E-state index contributed by atoms with van der Waals surface area (Å²) in [6.07, 6.45) is 0.437. The first-order valence-corrected chi connectivity index (χ1v) is 10.3. The van der Waals surface area contributed by atoms with Crippen LogP contribution in [-0.2, 0) is 16.0 Å². The minimum Gasteiger partial charge on any atom is -0.480 e. The number of hydrogen-bond acceptors (Lipinski definition) is 4. The Labute approximate surface area is 182 Å². The molecule has 0 fully saturated rings. The Kier molecular flexibility index (Phi) is 8.33. The average Bonchev–Trinajstić information content (AvgIpc) is 2.65. The number of carboxylic acids is 2. The summed E-state index contributed by atoms with van der Waals surface area (Å²) in [6.45, 7) is 7.69. The maximum absolute atomic E-state index is 12.5. The minimum atomic E-state index is -1.12. The number of amides is 1. The number of anilines is 1. The van der Waals surface area contributed by atoms with Crippen LogP contribution in [-0.4, -0.2) is 40.1 Å². The number of carboxylic acid groups (broad SMARTS) is 2. The molecule has 0 saturated heterocycles. The molecule has 0 saturated carbocycles. The summed E-state index contributed by atoms with van der Waals surface area (Å²) in [7, 11) is 0. The lowest BCUT2D eigenvalue weighted by Crippen LogP contribution is -2.48. The van der Waals surface area contributed by atoms with Gasteiger partial charge in [0.1, 0.15) is 12.1 Å². The summed E-state index contributed by atoms with van der Waals surface area (Å²) in [4.78, 5) is 35.6. The van der Waals surface area contributed by atoms with Gasteiger partial charge in [-0.2, -0.15) is 0 Å². The molecule has 2 aromatic carbocycles. The zero-order valence-electron chi connectivity index (χ0n) is 18.3. The molecule has 31 heavy (non-hydrogen) atoms. The van der Waals surface area contributed by atoms with Crippen LogP contribution in [0.4, 0.5) is 5.69 Å². The normalized spacial score (nSPS) is 12.9. The van der Waals surface area contributed by atoms with Gasteiger partial charge in [0, 0.05) is 11.3 Å². The van der Waals surface area contributed by atoms with Crippen molar-refractivity contribution in [2.75, 3.05) is 5.32 Å². The summed E-state index contributed by atoms with van der Waals surface area (Å²) < 4.78 is 0. The molecule has 2 unspecified atom stereocenters. The van der Waals surface area contributed by atoms with E-state index >= 15 is 0 Å². The zero-order valence-corrected chi connectivity index (χ0v) is 18.3. The van der Waals surface area contributed by atoms with E-state index in [-0.39, 0.29) is 18.2 Å². The van der Waals surface area contributed by atoms with E-state index < -0.39 is 24.0 Å². The van der Waals surface area contributed by atoms with E-state index in [4.69, 9.17) is 0 Å². The number of aliphatic carboxylic acids is 2. The van der Waals surface area contributed by atoms with Crippen molar-refractivity contribution in [3.8, 4) is 0 Å². The highest BCUT2D eigenvalue weighted by Gasteiger charge is 2.26. The molecule has 0 aliphatic heterocycles. The predicted molar refractivity (Wildman–Crippen MR) is 119 cm³/mol. The molecule has 0 heterocycles. The standard InChI is InChI=1S/C24H30N2O5/c1-14(2)9-20(23(28)29)26-21(24(30)31)13-17-5-7-18(8-6-17)22(27)25-19-11-15(3)10-16(4)12-19/h5-8,10-12,14,20-21,26H,9,13H2,1-4H3,(H,25,27)(H,28,29)(H,30,31). The Hall–Kier alpha value is -3.19. The second-order valence-electron chi connectivity index (χ2n) is 8.31. The van der Waals surface area contributed by atoms with Crippen molar-refractivity contribution in [3.63, 3.8) is 0 Å².